The predicted molar refractivity (Wildman–Crippen MR) is 69.6 cm³/mol. The number of fused-ring (bicyclic) bond motifs is 2. The van der Waals surface area contributed by atoms with Gasteiger partial charge in [0, 0.05) is 10.8 Å². The van der Waals surface area contributed by atoms with E-state index in [2.05, 4.69) is 32.9 Å². The van der Waals surface area contributed by atoms with Crippen LogP contribution in [0.15, 0.2) is 30.3 Å². The fourth-order valence-electron chi connectivity index (χ4n) is 4.66. The van der Waals surface area contributed by atoms with E-state index in [9.17, 15) is 5.11 Å². The average Bonchev–Trinajstić information content (AvgIpc) is 2.78. The summed E-state index contributed by atoms with van der Waals surface area (Å²) in [5, 5.41) is 11.4. The Morgan fingerprint density at radius 2 is 1.76 bits per heavy atom. The van der Waals surface area contributed by atoms with E-state index in [1.807, 2.05) is 18.2 Å². The van der Waals surface area contributed by atoms with Crippen molar-refractivity contribution >= 4 is 0 Å². The Labute approximate surface area is 104 Å². The largest absolute Gasteiger partial charge is 0.384 e. The van der Waals surface area contributed by atoms with Gasteiger partial charge in [-0.2, -0.15) is 0 Å². The molecule has 1 heteroatoms. The van der Waals surface area contributed by atoms with Gasteiger partial charge in [-0.05, 0) is 30.7 Å². The summed E-state index contributed by atoms with van der Waals surface area (Å²) in [5.74, 6) is 0.665. The van der Waals surface area contributed by atoms with Crippen molar-refractivity contribution in [2.24, 2.45) is 16.7 Å². The Bertz CT molecular complexity index is 429. The first kappa shape index (κ1) is 11.3. The maximum Gasteiger partial charge on any atom is 0.100 e. The molecule has 3 rings (SSSR count). The Morgan fingerprint density at radius 3 is 2.29 bits per heavy atom. The Kier molecular flexibility index (Phi) is 2.08. The highest BCUT2D eigenvalue weighted by atomic mass is 16.3. The monoisotopic (exact) mass is 230 g/mol. The molecule has 2 aliphatic carbocycles. The van der Waals surface area contributed by atoms with E-state index in [0.717, 1.165) is 12.0 Å². The summed E-state index contributed by atoms with van der Waals surface area (Å²) >= 11 is 0. The van der Waals surface area contributed by atoms with Crippen LogP contribution in [0.4, 0.5) is 0 Å². The van der Waals surface area contributed by atoms with Crippen LogP contribution in [0.25, 0.3) is 0 Å². The second-order valence-corrected chi connectivity index (χ2v) is 6.80. The summed E-state index contributed by atoms with van der Waals surface area (Å²) < 4.78 is 0. The van der Waals surface area contributed by atoms with Crippen LogP contribution >= 0.6 is 0 Å². The lowest BCUT2D eigenvalue weighted by Gasteiger charge is -2.51. The second kappa shape index (κ2) is 3.14. The minimum Gasteiger partial charge on any atom is -0.384 e. The molecule has 0 unspecified atom stereocenters. The highest BCUT2D eigenvalue weighted by molar-refractivity contribution is 5.33. The van der Waals surface area contributed by atoms with E-state index in [4.69, 9.17) is 0 Å². The molecule has 2 fully saturated rings. The van der Waals surface area contributed by atoms with Gasteiger partial charge in [-0.3, -0.25) is 0 Å². The molecule has 0 heterocycles. The van der Waals surface area contributed by atoms with Gasteiger partial charge in [-0.25, -0.2) is 0 Å². The molecule has 0 aliphatic heterocycles. The molecule has 2 bridgehead atoms. The average molecular weight is 230 g/mol. The zero-order chi connectivity index (χ0) is 12.3. The topological polar surface area (TPSA) is 20.2 Å². The van der Waals surface area contributed by atoms with Crippen molar-refractivity contribution in [1.29, 1.82) is 0 Å². The lowest BCUT2D eigenvalue weighted by molar-refractivity contribution is -0.150. The molecule has 1 aromatic carbocycles. The van der Waals surface area contributed by atoms with Crippen molar-refractivity contribution in [2.75, 3.05) is 0 Å². The molecule has 0 spiro atoms. The molecule has 0 amide bonds. The third-order valence-electron chi connectivity index (χ3n) is 5.76. The minimum atomic E-state index is -0.663. The van der Waals surface area contributed by atoms with Gasteiger partial charge in [0.05, 0.1) is 0 Å². The highest BCUT2D eigenvalue weighted by Gasteiger charge is 2.68. The molecule has 1 N–H and O–H groups in total. The number of aliphatic hydroxyl groups is 1. The van der Waals surface area contributed by atoms with E-state index in [1.54, 1.807) is 0 Å². The van der Waals surface area contributed by atoms with E-state index in [-0.39, 0.29) is 10.8 Å². The summed E-state index contributed by atoms with van der Waals surface area (Å²) in [6, 6.07) is 10.3. The van der Waals surface area contributed by atoms with Crippen molar-refractivity contribution in [3.8, 4) is 0 Å². The SMILES string of the molecule is CC1(C)[C@H]2CC[C@](C)(C2)[C@]1(O)c1ccccc1. The molecule has 1 aromatic rings. The number of rotatable bonds is 1. The van der Waals surface area contributed by atoms with Crippen LogP contribution in [0.2, 0.25) is 0 Å². The fourth-order valence-corrected chi connectivity index (χ4v) is 4.66. The van der Waals surface area contributed by atoms with Crippen LogP contribution in [0.5, 0.6) is 0 Å². The van der Waals surface area contributed by atoms with Crippen molar-refractivity contribution < 1.29 is 5.11 Å². The van der Waals surface area contributed by atoms with Crippen molar-refractivity contribution in [3.63, 3.8) is 0 Å². The summed E-state index contributed by atoms with van der Waals surface area (Å²) in [5.41, 5.74) is 0.489. The molecule has 92 valence electrons. The summed E-state index contributed by atoms with van der Waals surface area (Å²) in [4.78, 5) is 0. The van der Waals surface area contributed by atoms with Crippen LogP contribution in [0, 0.1) is 16.7 Å². The van der Waals surface area contributed by atoms with Crippen LogP contribution in [-0.4, -0.2) is 5.11 Å². The van der Waals surface area contributed by atoms with Crippen LogP contribution in [0.3, 0.4) is 0 Å². The van der Waals surface area contributed by atoms with Crippen LogP contribution in [0.1, 0.15) is 45.6 Å². The molecule has 0 saturated heterocycles. The standard InChI is InChI=1S/C16H22O/c1-14(2)13-9-10-15(3,11-13)16(14,17)12-7-5-4-6-8-12/h4-8,13,17H,9-11H2,1-3H3/t13-,15+,16-/m0/s1. The molecular formula is C16H22O. The van der Waals surface area contributed by atoms with Crippen molar-refractivity contribution in [3.05, 3.63) is 35.9 Å². The Hall–Kier alpha value is -0.820. The molecule has 2 aliphatic rings. The van der Waals surface area contributed by atoms with E-state index in [0.29, 0.717) is 5.92 Å². The quantitative estimate of drug-likeness (QED) is 0.779. The number of hydrogen-bond donors (Lipinski definition) is 1. The minimum absolute atomic E-state index is 0.0125. The summed E-state index contributed by atoms with van der Waals surface area (Å²) in [6.07, 6.45) is 3.61. The summed E-state index contributed by atoms with van der Waals surface area (Å²) in [7, 11) is 0. The van der Waals surface area contributed by atoms with Gasteiger partial charge in [0.25, 0.3) is 0 Å². The highest BCUT2D eigenvalue weighted by Crippen LogP contribution is 2.71. The third kappa shape index (κ3) is 1.14. The number of hydrogen-bond acceptors (Lipinski definition) is 1. The van der Waals surface area contributed by atoms with Gasteiger partial charge in [0.2, 0.25) is 0 Å². The van der Waals surface area contributed by atoms with Gasteiger partial charge >= 0.3 is 0 Å². The first-order valence-corrected chi connectivity index (χ1v) is 6.70. The Balaban J connectivity index is 2.18. The van der Waals surface area contributed by atoms with E-state index in [1.165, 1.54) is 12.8 Å². The van der Waals surface area contributed by atoms with E-state index >= 15 is 0 Å². The first-order chi connectivity index (χ1) is 7.92. The normalized spacial score (nSPS) is 42.9. The molecule has 3 atom stereocenters. The van der Waals surface area contributed by atoms with Crippen molar-refractivity contribution in [2.45, 2.75) is 45.6 Å². The zero-order valence-electron chi connectivity index (χ0n) is 11.0. The van der Waals surface area contributed by atoms with Crippen LogP contribution in [-0.2, 0) is 5.60 Å². The zero-order valence-corrected chi connectivity index (χ0v) is 11.0. The molecule has 0 aromatic heterocycles. The van der Waals surface area contributed by atoms with Crippen LogP contribution < -0.4 is 0 Å². The molecule has 2 saturated carbocycles. The lowest BCUT2D eigenvalue weighted by Crippen LogP contribution is -2.51. The van der Waals surface area contributed by atoms with Gasteiger partial charge in [0.1, 0.15) is 5.60 Å². The molecular weight excluding hydrogens is 208 g/mol. The van der Waals surface area contributed by atoms with E-state index < -0.39 is 5.60 Å². The second-order valence-electron chi connectivity index (χ2n) is 6.80. The fraction of sp³-hybridized carbons (Fsp3) is 0.625. The third-order valence-corrected chi connectivity index (χ3v) is 5.76. The van der Waals surface area contributed by atoms with Gasteiger partial charge in [-0.1, -0.05) is 51.1 Å². The van der Waals surface area contributed by atoms with Crippen molar-refractivity contribution in [1.82, 2.24) is 0 Å². The Morgan fingerprint density at radius 1 is 1.12 bits per heavy atom. The molecule has 0 radical (unpaired) electrons. The maximum atomic E-state index is 11.4. The van der Waals surface area contributed by atoms with Gasteiger partial charge in [-0.15, -0.1) is 0 Å². The predicted octanol–water partition coefficient (Wildman–Crippen LogP) is 3.72. The first-order valence-electron chi connectivity index (χ1n) is 6.70. The molecule has 17 heavy (non-hydrogen) atoms. The van der Waals surface area contributed by atoms with Gasteiger partial charge < -0.3 is 5.11 Å². The lowest BCUT2D eigenvalue weighted by atomic mass is 9.58. The van der Waals surface area contributed by atoms with Gasteiger partial charge in [0.15, 0.2) is 0 Å². The smallest absolute Gasteiger partial charge is 0.100 e. The maximum absolute atomic E-state index is 11.4. The number of benzene rings is 1. The summed E-state index contributed by atoms with van der Waals surface area (Å²) in [6.45, 7) is 6.76. The molecule has 1 nitrogen and oxygen atoms in total.